The zero-order valence-corrected chi connectivity index (χ0v) is 13.3. The first-order valence-corrected chi connectivity index (χ1v) is 7.66. The average Bonchev–Trinajstić information content (AvgIpc) is 2.93. The first-order chi connectivity index (χ1) is 10.4. The number of likely N-dealkylation sites (tertiary alicyclic amines) is 1. The van der Waals surface area contributed by atoms with Crippen LogP contribution in [0.1, 0.15) is 32.3 Å². The van der Waals surface area contributed by atoms with E-state index in [2.05, 4.69) is 0 Å². The molecule has 1 aromatic rings. The smallest absolute Gasteiger partial charge is 0.326 e. The van der Waals surface area contributed by atoms with Crippen molar-refractivity contribution in [2.75, 3.05) is 6.54 Å². The van der Waals surface area contributed by atoms with Gasteiger partial charge < -0.3 is 14.7 Å². The molecule has 5 heteroatoms. The molecule has 22 heavy (non-hydrogen) atoms. The molecule has 1 aliphatic heterocycles. The minimum absolute atomic E-state index is 0.0388. The summed E-state index contributed by atoms with van der Waals surface area (Å²) in [6, 6.07) is 6.80. The third kappa shape index (κ3) is 3.59. The molecule has 0 aromatic heterocycles. The summed E-state index contributed by atoms with van der Waals surface area (Å²) in [5, 5.41) is 9.24. The molecule has 5 nitrogen and oxygen atoms in total. The molecule has 0 saturated carbocycles. The van der Waals surface area contributed by atoms with Crippen molar-refractivity contribution in [1.82, 2.24) is 4.90 Å². The summed E-state index contributed by atoms with van der Waals surface area (Å²) in [5.41, 5.74) is 1.05. The van der Waals surface area contributed by atoms with Gasteiger partial charge >= 0.3 is 5.97 Å². The molecule has 2 unspecified atom stereocenters. The average molecular weight is 305 g/mol. The number of rotatable bonds is 5. The molecule has 0 radical (unpaired) electrons. The van der Waals surface area contributed by atoms with Crippen molar-refractivity contribution in [3.05, 3.63) is 29.8 Å². The Bertz CT molecular complexity index is 555. The summed E-state index contributed by atoms with van der Waals surface area (Å²) in [6.45, 7) is 6.25. The van der Waals surface area contributed by atoms with Crippen LogP contribution in [0.3, 0.4) is 0 Å². The van der Waals surface area contributed by atoms with Gasteiger partial charge in [-0.1, -0.05) is 26.0 Å². The number of carboxylic acids is 1. The highest BCUT2D eigenvalue weighted by molar-refractivity contribution is 5.87. The molecular weight excluding hydrogens is 282 g/mol. The van der Waals surface area contributed by atoms with Crippen molar-refractivity contribution >= 4 is 11.9 Å². The maximum atomic E-state index is 12.7. The highest BCUT2D eigenvalue weighted by atomic mass is 16.5. The Balaban J connectivity index is 2.17. The molecule has 1 saturated heterocycles. The zero-order chi connectivity index (χ0) is 16.3. The summed E-state index contributed by atoms with van der Waals surface area (Å²) in [5.74, 6) is -0.577. The van der Waals surface area contributed by atoms with Gasteiger partial charge in [-0.25, -0.2) is 4.79 Å². The lowest BCUT2D eigenvalue weighted by Crippen LogP contribution is -2.49. The van der Waals surface area contributed by atoms with Crippen molar-refractivity contribution in [3.8, 4) is 5.75 Å². The maximum absolute atomic E-state index is 12.7. The van der Waals surface area contributed by atoms with E-state index in [-0.39, 0.29) is 11.8 Å². The topological polar surface area (TPSA) is 66.8 Å². The van der Waals surface area contributed by atoms with Crippen LogP contribution in [0.5, 0.6) is 5.75 Å². The van der Waals surface area contributed by atoms with Gasteiger partial charge in [-0.15, -0.1) is 0 Å². The van der Waals surface area contributed by atoms with Gasteiger partial charge in [0.25, 0.3) is 5.91 Å². The number of nitrogens with zero attached hydrogens (tertiary/aromatic N) is 1. The van der Waals surface area contributed by atoms with Gasteiger partial charge in [0.1, 0.15) is 11.8 Å². The minimum Gasteiger partial charge on any atom is -0.480 e. The molecule has 1 fully saturated rings. The fourth-order valence-corrected chi connectivity index (χ4v) is 2.76. The predicted molar refractivity (Wildman–Crippen MR) is 82.8 cm³/mol. The third-order valence-corrected chi connectivity index (χ3v) is 3.92. The van der Waals surface area contributed by atoms with Crippen LogP contribution in [0.4, 0.5) is 0 Å². The Morgan fingerprint density at radius 1 is 1.36 bits per heavy atom. The summed E-state index contributed by atoms with van der Waals surface area (Å²) in [7, 11) is 0. The predicted octanol–water partition coefficient (Wildman–Crippen LogP) is 2.47. The van der Waals surface area contributed by atoms with Crippen LogP contribution in [-0.2, 0) is 9.59 Å². The van der Waals surface area contributed by atoms with Crippen LogP contribution in [-0.4, -0.2) is 40.6 Å². The van der Waals surface area contributed by atoms with E-state index in [9.17, 15) is 14.7 Å². The number of aliphatic carboxylic acids is 1. The van der Waals surface area contributed by atoms with E-state index in [0.717, 1.165) is 12.0 Å². The second-order valence-electron chi connectivity index (χ2n) is 6.13. The van der Waals surface area contributed by atoms with Crippen LogP contribution < -0.4 is 4.74 Å². The lowest BCUT2D eigenvalue weighted by Gasteiger charge is -2.29. The second kappa shape index (κ2) is 6.81. The van der Waals surface area contributed by atoms with Crippen molar-refractivity contribution < 1.29 is 19.4 Å². The standard InChI is InChI=1S/C17H23NO4/c1-11(2)15(22-13-7-4-6-12(3)10-13)16(19)18-9-5-8-14(18)17(20)21/h4,6-7,10-11,14-15H,5,8-9H2,1-3H3,(H,20,21). The van der Waals surface area contributed by atoms with Crippen LogP contribution in [0.25, 0.3) is 0 Å². The van der Waals surface area contributed by atoms with Gasteiger partial charge in [0.05, 0.1) is 0 Å². The number of carboxylic acid groups (broad SMARTS) is 1. The van der Waals surface area contributed by atoms with E-state index < -0.39 is 18.1 Å². The second-order valence-corrected chi connectivity index (χ2v) is 6.13. The Hall–Kier alpha value is -2.04. The van der Waals surface area contributed by atoms with Gasteiger partial charge in [-0.05, 0) is 43.4 Å². The Labute approximate surface area is 130 Å². The highest BCUT2D eigenvalue weighted by Crippen LogP contribution is 2.23. The number of aryl methyl sites for hydroxylation is 1. The van der Waals surface area contributed by atoms with E-state index in [1.165, 1.54) is 4.90 Å². The number of amides is 1. The fourth-order valence-electron chi connectivity index (χ4n) is 2.76. The fraction of sp³-hybridized carbons (Fsp3) is 0.529. The molecule has 0 spiro atoms. The molecule has 2 rings (SSSR count). The molecule has 0 aliphatic carbocycles. The molecule has 1 N–H and O–H groups in total. The van der Waals surface area contributed by atoms with Crippen molar-refractivity contribution in [1.29, 1.82) is 0 Å². The number of ether oxygens (including phenoxy) is 1. The maximum Gasteiger partial charge on any atom is 0.326 e. The van der Waals surface area contributed by atoms with Gasteiger partial charge in [-0.2, -0.15) is 0 Å². The molecule has 2 atom stereocenters. The monoisotopic (exact) mass is 305 g/mol. The SMILES string of the molecule is Cc1cccc(OC(C(=O)N2CCCC2C(=O)O)C(C)C)c1. The Kier molecular flexibility index (Phi) is 5.06. The summed E-state index contributed by atoms with van der Waals surface area (Å²) < 4.78 is 5.87. The largest absolute Gasteiger partial charge is 0.480 e. The first kappa shape index (κ1) is 16.3. The third-order valence-electron chi connectivity index (χ3n) is 3.92. The molecule has 120 valence electrons. The van der Waals surface area contributed by atoms with E-state index >= 15 is 0 Å². The minimum atomic E-state index is -0.941. The molecule has 1 aromatic carbocycles. The molecule has 1 aliphatic rings. The number of benzene rings is 1. The molecular formula is C17H23NO4. The normalized spacial score (nSPS) is 19.3. The molecule has 1 amide bonds. The van der Waals surface area contributed by atoms with Crippen molar-refractivity contribution in [3.63, 3.8) is 0 Å². The number of hydrogen-bond acceptors (Lipinski definition) is 3. The highest BCUT2D eigenvalue weighted by Gasteiger charge is 2.39. The Morgan fingerprint density at radius 2 is 2.09 bits per heavy atom. The van der Waals surface area contributed by atoms with Gasteiger partial charge in [0.2, 0.25) is 0 Å². The zero-order valence-electron chi connectivity index (χ0n) is 13.3. The summed E-state index contributed by atoms with van der Waals surface area (Å²) in [4.78, 5) is 25.5. The van der Waals surface area contributed by atoms with E-state index in [1.807, 2.05) is 45.0 Å². The van der Waals surface area contributed by atoms with Crippen LogP contribution in [0, 0.1) is 12.8 Å². The van der Waals surface area contributed by atoms with Crippen molar-refractivity contribution in [2.45, 2.75) is 45.8 Å². The molecule has 1 heterocycles. The summed E-state index contributed by atoms with van der Waals surface area (Å²) >= 11 is 0. The summed E-state index contributed by atoms with van der Waals surface area (Å²) in [6.07, 6.45) is 0.565. The van der Waals surface area contributed by atoms with Crippen LogP contribution >= 0.6 is 0 Å². The first-order valence-electron chi connectivity index (χ1n) is 7.66. The number of hydrogen-bond donors (Lipinski definition) is 1. The van der Waals surface area contributed by atoms with E-state index in [1.54, 1.807) is 0 Å². The van der Waals surface area contributed by atoms with Gasteiger partial charge in [0, 0.05) is 6.54 Å². The van der Waals surface area contributed by atoms with Crippen LogP contribution in [0.2, 0.25) is 0 Å². The van der Waals surface area contributed by atoms with E-state index in [4.69, 9.17) is 4.74 Å². The lowest BCUT2D eigenvalue weighted by molar-refractivity contribution is -0.152. The van der Waals surface area contributed by atoms with E-state index in [0.29, 0.717) is 18.7 Å². The van der Waals surface area contributed by atoms with Gasteiger partial charge in [-0.3, -0.25) is 4.79 Å². The van der Waals surface area contributed by atoms with Crippen LogP contribution in [0.15, 0.2) is 24.3 Å². The number of carbonyl (C=O) groups excluding carboxylic acids is 1. The molecule has 0 bridgehead atoms. The lowest BCUT2D eigenvalue weighted by atomic mass is 10.1. The number of carbonyl (C=O) groups is 2. The van der Waals surface area contributed by atoms with Gasteiger partial charge in [0.15, 0.2) is 6.10 Å². The quantitative estimate of drug-likeness (QED) is 0.907. The van der Waals surface area contributed by atoms with Crippen molar-refractivity contribution in [2.24, 2.45) is 5.92 Å². The Morgan fingerprint density at radius 3 is 2.68 bits per heavy atom.